The summed E-state index contributed by atoms with van der Waals surface area (Å²) in [5, 5.41) is 9.11. The summed E-state index contributed by atoms with van der Waals surface area (Å²) >= 11 is 0. The molecule has 1 atom stereocenters. The molecule has 0 spiro atoms. The van der Waals surface area contributed by atoms with E-state index in [-0.39, 0.29) is 5.92 Å². The second-order valence-electron chi connectivity index (χ2n) is 4.94. The van der Waals surface area contributed by atoms with Crippen LogP contribution in [0, 0.1) is 19.8 Å². The molecule has 0 aliphatic heterocycles. The zero-order chi connectivity index (χ0) is 14.6. The van der Waals surface area contributed by atoms with Crippen LogP contribution in [0.4, 0.5) is 5.69 Å². The zero-order valence-electron chi connectivity index (χ0n) is 12.4. The van der Waals surface area contributed by atoms with Gasteiger partial charge < -0.3 is 14.7 Å². The Morgan fingerprint density at radius 3 is 2.26 bits per heavy atom. The lowest BCUT2D eigenvalue weighted by atomic mass is 10.0. The maximum Gasteiger partial charge on any atom is 0.308 e. The van der Waals surface area contributed by atoms with Gasteiger partial charge in [0.2, 0.25) is 0 Å². The second kappa shape index (κ2) is 6.45. The molecule has 0 fully saturated rings. The number of anilines is 1. The SMILES string of the molecule is CCC(CN(C)c1cc(C)c(OC)c(C)c1)C(=O)O. The predicted octanol–water partition coefficient (Wildman–Crippen LogP) is 2.86. The lowest BCUT2D eigenvalue weighted by Gasteiger charge is -2.24. The molecule has 1 N–H and O–H groups in total. The van der Waals surface area contributed by atoms with Gasteiger partial charge in [0.15, 0.2) is 0 Å². The first-order valence-electron chi connectivity index (χ1n) is 6.49. The van der Waals surface area contributed by atoms with Crippen LogP contribution < -0.4 is 9.64 Å². The van der Waals surface area contributed by atoms with Gasteiger partial charge in [-0.2, -0.15) is 0 Å². The van der Waals surface area contributed by atoms with Crippen LogP contribution in [0.15, 0.2) is 12.1 Å². The van der Waals surface area contributed by atoms with E-state index in [0.717, 1.165) is 22.6 Å². The highest BCUT2D eigenvalue weighted by atomic mass is 16.5. The molecule has 0 bridgehead atoms. The third-order valence-electron chi connectivity index (χ3n) is 3.43. The van der Waals surface area contributed by atoms with Gasteiger partial charge in [-0.05, 0) is 43.5 Å². The first-order valence-corrected chi connectivity index (χ1v) is 6.49. The van der Waals surface area contributed by atoms with Crippen molar-refractivity contribution in [3.63, 3.8) is 0 Å². The van der Waals surface area contributed by atoms with Crippen LogP contribution in [-0.4, -0.2) is 31.8 Å². The van der Waals surface area contributed by atoms with Gasteiger partial charge in [0.1, 0.15) is 5.75 Å². The molecule has 1 rings (SSSR count). The minimum absolute atomic E-state index is 0.340. The van der Waals surface area contributed by atoms with E-state index in [1.165, 1.54) is 0 Å². The number of carbonyl (C=O) groups is 1. The monoisotopic (exact) mass is 265 g/mol. The molecule has 0 amide bonds. The van der Waals surface area contributed by atoms with E-state index in [4.69, 9.17) is 9.84 Å². The summed E-state index contributed by atoms with van der Waals surface area (Å²) in [6, 6.07) is 4.06. The molecule has 0 aromatic heterocycles. The van der Waals surface area contributed by atoms with Crippen molar-refractivity contribution >= 4 is 11.7 Å². The largest absolute Gasteiger partial charge is 0.496 e. The van der Waals surface area contributed by atoms with E-state index in [9.17, 15) is 4.79 Å². The zero-order valence-corrected chi connectivity index (χ0v) is 12.4. The minimum Gasteiger partial charge on any atom is -0.496 e. The van der Waals surface area contributed by atoms with E-state index in [0.29, 0.717) is 13.0 Å². The number of methoxy groups -OCH3 is 1. The van der Waals surface area contributed by atoms with Gasteiger partial charge in [0.05, 0.1) is 13.0 Å². The number of nitrogens with zero attached hydrogens (tertiary/aromatic N) is 1. The number of aryl methyl sites for hydroxylation is 2. The normalized spacial score (nSPS) is 12.1. The van der Waals surface area contributed by atoms with E-state index in [1.54, 1.807) is 7.11 Å². The maximum atomic E-state index is 11.1. The quantitative estimate of drug-likeness (QED) is 0.859. The van der Waals surface area contributed by atoms with E-state index in [2.05, 4.69) is 0 Å². The Kier molecular flexibility index (Phi) is 5.21. The molecule has 19 heavy (non-hydrogen) atoms. The predicted molar refractivity (Wildman–Crippen MR) is 77.2 cm³/mol. The molecule has 0 aliphatic rings. The van der Waals surface area contributed by atoms with Gasteiger partial charge in [0.25, 0.3) is 0 Å². The Morgan fingerprint density at radius 1 is 1.37 bits per heavy atom. The van der Waals surface area contributed by atoms with Crippen molar-refractivity contribution in [2.75, 3.05) is 25.6 Å². The van der Waals surface area contributed by atoms with Crippen LogP contribution >= 0.6 is 0 Å². The van der Waals surface area contributed by atoms with Crippen molar-refractivity contribution in [3.8, 4) is 5.75 Å². The number of aliphatic carboxylic acids is 1. The lowest BCUT2D eigenvalue weighted by Crippen LogP contribution is -2.30. The van der Waals surface area contributed by atoms with Crippen molar-refractivity contribution in [2.24, 2.45) is 5.92 Å². The highest BCUT2D eigenvalue weighted by Gasteiger charge is 2.18. The summed E-state index contributed by atoms with van der Waals surface area (Å²) in [7, 11) is 3.59. The third kappa shape index (κ3) is 3.63. The summed E-state index contributed by atoms with van der Waals surface area (Å²) in [5.41, 5.74) is 3.15. The molecular weight excluding hydrogens is 242 g/mol. The lowest BCUT2D eigenvalue weighted by molar-refractivity contribution is -0.141. The molecule has 0 heterocycles. The van der Waals surface area contributed by atoms with Gasteiger partial charge in [-0.1, -0.05) is 6.92 Å². The van der Waals surface area contributed by atoms with Crippen molar-refractivity contribution < 1.29 is 14.6 Å². The first-order chi connectivity index (χ1) is 8.90. The highest BCUT2D eigenvalue weighted by Crippen LogP contribution is 2.28. The van der Waals surface area contributed by atoms with Crippen molar-refractivity contribution in [1.29, 1.82) is 0 Å². The first kappa shape index (κ1) is 15.3. The summed E-state index contributed by atoms with van der Waals surface area (Å²) in [6.07, 6.45) is 0.633. The van der Waals surface area contributed by atoms with Gasteiger partial charge >= 0.3 is 5.97 Å². The Bertz CT molecular complexity index is 434. The molecule has 0 radical (unpaired) electrons. The van der Waals surface area contributed by atoms with Crippen LogP contribution in [-0.2, 0) is 4.79 Å². The number of hydrogen-bond donors (Lipinski definition) is 1. The average molecular weight is 265 g/mol. The van der Waals surface area contributed by atoms with Gasteiger partial charge in [-0.25, -0.2) is 0 Å². The molecule has 4 nitrogen and oxygen atoms in total. The molecule has 0 saturated carbocycles. The smallest absolute Gasteiger partial charge is 0.308 e. The topological polar surface area (TPSA) is 49.8 Å². The molecule has 0 aliphatic carbocycles. The Morgan fingerprint density at radius 2 is 1.89 bits per heavy atom. The van der Waals surface area contributed by atoms with Gasteiger partial charge in [-0.3, -0.25) is 4.79 Å². The Hall–Kier alpha value is -1.71. The number of carboxylic acid groups (broad SMARTS) is 1. The van der Waals surface area contributed by atoms with Crippen LogP contribution in [0.3, 0.4) is 0 Å². The second-order valence-corrected chi connectivity index (χ2v) is 4.94. The molecular formula is C15H23NO3. The average Bonchev–Trinajstić information content (AvgIpc) is 2.34. The van der Waals surface area contributed by atoms with Crippen LogP contribution in [0.25, 0.3) is 0 Å². The Labute approximate surface area is 115 Å². The molecule has 1 unspecified atom stereocenters. The van der Waals surface area contributed by atoms with E-state index in [1.807, 2.05) is 44.9 Å². The summed E-state index contributed by atoms with van der Waals surface area (Å²) in [4.78, 5) is 13.1. The van der Waals surface area contributed by atoms with E-state index < -0.39 is 5.97 Å². The third-order valence-corrected chi connectivity index (χ3v) is 3.43. The van der Waals surface area contributed by atoms with E-state index >= 15 is 0 Å². The van der Waals surface area contributed by atoms with Crippen LogP contribution in [0.5, 0.6) is 5.75 Å². The molecule has 0 saturated heterocycles. The summed E-state index contributed by atoms with van der Waals surface area (Å²) in [6.45, 7) is 6.41. The molecule has 4 heteroatoms. The number of benzene rings is 1. The summed E-state index contributed by atoms with van der Waals surface area (Å²) in [5.74, 6) is -0.188. The number of hydrogen-bond acceptors (Lipinski definition) is 3. The Balaban J connectivity index is 2.94. The molecule has 1 aromatic carbocycles. The fourth-order valence-electron chi connectivity index (χ4n) is 2.29. The molecule has 106 valence electrons. The fraction of sp³-hybridized carbons (Fsp3) is 0.533. The van der Waals surface area contributed by atoms with Crippen LogP contribution in [0.2, 0.25) is 0 Å². The van der Waals surface area contributed by atoms with Crippen molar-refractivity contribution in [2.45, 2.75) is 27.2 Å². The number of carboxylic acids is 1. The van der Waals surface area contributed by atoms with Crippen molar-refractivity contribution in [1.82, 2.24) is 0 Å². The maximum absolute atomic E-state index is 11.1. The van der Waals surface area contributed by atoms with Gasteiger partial charge in [-0.15, -0.1) is 0 Å². The molecule has 1 aromatic rings. The number of ether oxygens (including phenoxy) is 1. The number of rotatable bonds is 6. The minimum atomic E-state index is -0.740. The highest BCUT2D eigenvalue weighted by molar-refractivity contribution is 5.71. The summed E-state index contributed by atoms with van der Waals surface area (Å²) < 4.78 is 5.34. The fourth-order valence-corrected chi connectivity index (χ4v) is 2.29. The standard InChI is InChI=1S/C15H23NO3/c1-6-12(15(17)18)9-16(4)13-7-10(2)14(19-5)11(3)8-13/h7-8,12H,6,9H2,1-5H3,(H,17,18). The van der Waals surface area contributed by atoms with Crippen molar-refractivity contribution in [3.05, 3.63) is 23.3 Å². The van der Waals surface area contributed by atoms with Gasteiger partial charge in [0, 0.05) is 19.3 Å². The van der Waals surface area contributed by atoms with Crippen LogP contribution in [0.1, 0.15) is 24.5 Å².